The van der Waals surface area contributed by atoms with E-state index in [1.54, 1.807) is 12.3 Å². The number of hydrogen-bond acceptors (Lipinski definition) is 3. The minimum Gasteiger partial charge on any atom is -0.478 e. The van der Waals surface area contributed by atoms with Crippen LogP contribution in [0.4, 0.5) is 11.4 Å². The van der Waals surface area contributed by atoms with Crippen molar-refractivity contribution in [1.29, 1.82) is 0 Å². The van der Waals surface area contributed by atoms with E-state index in [0.717, 1.165) is 15.7 Å². The lowest BCUT2D eigenvalue weighted by Crippen LogP contribution is -2.03. The summed E-state index contributed by atoms with van der Waals surface area (Å²) in [7, 11) is 0. The van der Waals surface area contributed by atoms with Crippen LogP contribution in [0.2, 0.25) is 0 Å². The minimum absolute atomic E-state index is 0.143. The van der Waals surface area contributed by atoms with Crippen molar-refractivity contribution < 1.29 is 9.90 Å². The second kappa shape index (κ2) is 5.18. The smallest absolute Gasteiger partial charge is 0.339 e. The van der Waals surface area contributed by atoms with Gasteiger partial charge in [0.15, 0.2) is 0 Å². The van der Waals surface area contributed by atoms with Crippen molar-refractivity contribution in [3.8, 4) is 0 Å². The van der Waals surface area contributed by atoms with E-state index in [0.29, 0.717) is 5.69 Å². The van der Waals surface area contributed by atoms with Crippen molar-refractivity contribution in [1.82, 2.24) is 4.98 Å². The summed E-state index contributed by atoms with van der Waals surface area (Å²) in [5.74, 6) is -1.01. The first-order chi connectivity index (χ1) is 8.58. The van der Waals surface area contributed by atoms with E-state index in [1.165, 1.54) is 6.20 Å². The fourth-order valence-electron chi connectivity index (χ4n) is 1.54. The van der Waals surface area contributed by atoms with E-state index in [2.05, 4.69) is 26.2 Å². The summed E-state index contributed by atoms with van der Waals surface area (Å²) < 4.78 is 0.885. The third-order valence-electron chi connectivity index (χ3n) is 2.45. The highest BCUT2D eigenvalue weighted by molar-refractivity contribution is 9.10. The van der Waals surface area contributed by atoms with Gasteiger partial charge >= 0.3 is 5.97 Å². The lowest BCUT2D eigenvalue weighted by Gasteiger charge is -2.11. The molecule has 2 rings (SSSR count). The summed E-state index contributed by atoms with van der Waals surface area (Å²) in [6, 6.07) is 7.44. The van der Waals surface area contributed by atoms with Crippen LogP contribution in [-0.4, -0.2) is 16.1 Å². The van der Waals surface area contributed by atoms with Crippen molar-refractivity contribution in [3.63, 3.8) is 0 Å². The van der Waals surface area contributed by atoms with Crippen molar-refractivity contribution in [2.24, 2.45) is 0 Å². The number of carbonyl (C=O) groups is 1. The van der Waals surface area contributed by atoms with Gasteiger partial charge in [-0.3, -0.25) is 4.98 Å². The number of aromatic nitrogens is 1. The maximum Gasteiger partial charge on any atom is 0.339 e. The Balaban J connectivity index is 2.37. The quantitative estimate of drug-likeness (QED) is 0.909. The van der Waals surface area contributed by atoms with Crippen LogP contribution in [-0.2, 0) is 0 Å². The summed E-state index contributed by atoms with van der Waals surface area (Å²) >= 11 is 3.44. The van der Waals surface area contributed by atoms with E-state index in [-0.39, 0.29) is 5.56 Å². The Morgan fingerprint density at radius 3 is 2.78 bits per heavy atom. The van der Waals surface area contributed by atoms with Gasteiger partial charge in [-0.05, 0) is 46.6 Å². The molecule has 18 heavy (non-hydrogen) atoms. The summed E-state index contributed by atoms with van der Waals surface area (Å²) in [6.45, 7) is 1.99. The maximum atomic E-state index is 11.1. The number of nitrogens with zero attached hydrogens (tertiary/aromatic N) is 1. The Kier molecular flexibility index (Phi) is 3.62. The molecule has 0 spiro atoms. The largest absolute Gasteiger partial charge is 0.478 e. The minimum atomic E-state index is -1.01. The van der Waals surface area contributed by atoms with Crippen LogP contribution in [0.1, 0.15) is 15.9 Å². The molecule has 0 fully saturated rings. The molecule has 1 aromatic carbocycles. The summed E-state index contributed by atoms with van der Waals surface area (Å²) in [4.78, 5) is 14.9. The molecule has 0 amide bonds. The topological polar surface area (TPSA) is 62.2 Å². The second-order valence-electron chi connectivity index (χ2n) is 3.83. The molecule has 1 heterocycles. The predicted octanol–water partition coefficient (Wildman–Crippen LogP) is 3.59. The van der Waals surface area contributed by atoms with Crippen LogP contribution in [0.25, 0.3) is 0 Å². The van der Waals surface area contributed by atoms with Crippen molar-refractivity contribution in [3.05, 3.63) is 52.3 Å². The number of carboxylic acid groups (broad SMARTS) is 1. The van der Waals surface area contributed by atoms with Crippen molar-refractivity contribution in [2.75, 3.05) is 5.32 Å². The SMILES string of the molecule is Cc1ccc(Nc2ccncc2C(=O)O)c(Br)c1. The monoisotopic (exact) mass is 306 g/mol. The molecule has 5 heteroatoms. The molecule has 92 valence electrons. The van der Waals surface area contributed by atoms with Crippen LogP contribution in [0.3, 0.4) is 0 Å². The third kappa shape index (κ3) is 2.68. The Hall–Kier alpha value is -1.88. The molecule has 0 saturated carbocycles. The Labute approximate surface area is 113 Å². The summed E-state index contributed by atoms with van der Waals surface area (Å²) in [5.41, 5.74) is 2.60. The molecule has 2 N–H and O–H groups in total. The van der Waals surface area contributed by atoms with Crippen LogP contribution < -0.4 is 5.32 Å². The molecule has 4 nitrogen and oxygen atoms in total. The number of anilines is 2. The number of aromatic carboxylic acids is 1. The van der Waals surface area contributed by atoms with E-state index in [4.69, 9.17) is 5.11 Å². The van der Waals surface area contributed by atoms with Gasteiger partial charge in [-0.15, -0.1) is 0 Å². The molecule has 2 aromatic rings. The Morgan fingerprint density at radius 2 is 2.11 bits per heavy atom. The van der Waals surface area contributed by atoms with Gasteiger partial charge < -0.3 is 10.4 Å². The van der Waals surface area contributed by atoms with Crippen LogP contribution in [0.15, 0.2) is 41.1 Å². The average molecular weight is 307 g/mol. The molecular weight excluding hydrogens is 296 g/mol. The standard InChI is InChI=1S/C13H11BrN2O2/c1-8-2-3-12(10(14)6-8)16-11-4-5-15-7-9(11)13(17)18/h2-7H,1H3,(H,15,16)(H,17,18). The number of hydrogen-bond donors (Lipinski definition) is 2. The molecule has 0 unspecified atom stereocenters. The number of carboxylic acids is 1. The zero-order chi connectivity index (χ0) is 13.1. The molecule has 0 radical (unpaired) electrons. The molecule has 1 aromatic heterocycles. The van der Waals surface area contributed by atoms with Crippen molar-refractivity contribution >= 4 is 33.3 Å². The van der Waals surface area contributed by atoms with Crippen LogP contribution >= 0.6 is 15.9 Å². The summed E-state index contributed by atoms with van der Waals surface area (Å²) in [5, 5.41) is 12.1. The van der Waals surface area contributed by atoms with Crippen LogP contribution in [0.5, 0.6) is 0 Å². The third-order valence-corrected chi connectivity index (χ3v) is 3.10. The molecule has 0 aliphatic heterocycles. The Morgan fingerprint density at radius 1 is 1.33 bits per heavy atom. The second-order valence-corrected chi connectivity index (χ2v) is 4.69. The zero-order valence-electron chi connectivity index (χ0n) is 9.64. The average Bonchev–Trinajstić information content (AvgIpc) is 2.33. The zero-order valence-corrected chi connectivity index (χ0v) is 11.2. The number of halogens is 1. The highest BCUT2D eigenvalue weighted by Gasteiger charge is 2.10. The van der Waals surface area contributed by atoms with Gasteiger partial charge in [0, 0.05) is 16.9 Å². The fourth-order valence-corrected chi connectivity index (χ4v) is 2.13. The number of benzene rings is 1. The molecule has 0 aliphatic rings. The van der Waals surface area contributed by atoms with E-state index in [9.17, 15) is 4.79 Å². The number of nitrogens with one attached hydrogen (secondary N) is 1. The molecular formula is C13H11BrN2O2. The first kappa shape index (κ1) is 12.6. The first-order valence-electron chi connectivity index (χ1n) is 5.28. The normalized spacial score (nSPS) is 10.1. The number of pyridine rings is 1. The fraction of sp³-hybridized carbons (Fsp3) is 0.0769. The first-order valence-corrected chi connectivity index (χ1v) is 6.07. The van der Waals surface area contributed by atoms with Gasteiger partial charge in [-0.1, -0.05) is 6.07 Å². The van der Waals surface area contributed by atoms with Gasteiger partial charge in [0.05, 0.1) is 11.4 Å². The van der Waals surface area contributed by atoms with E-state index < -0.39 is 5.97 Å². The predicted molar refractivity (Wildman–Crippen MR) is 73.4 cm³/mol. The maximum absolute atomic E-state index is 11.1. The van der Waals surface area contributed by atoms with Gasteiger partial charge in [0.25, 0.3) is 0 Å². The highest BCUT2D eigenvalue weighted by atomic mass is 79.9. The van der Waals surface area contributed by atoms with Gasteiger partial charge in [-0.2, -0.15) is 0 Å². The molecule has 0 saturated heterocycles. The van der Waals surface area contributed by atoms with E-state index in [1.807, 2.05) is 25.1 Å². The molecule has 0 aliphatic carbocycles. The lowest BCUT2D eigenvalue weighted by molar-refractivity contribution is 0.0697. The number of rotatable bonds is 3. The highest BCUT2D eigenvalue weighted by Crippen LogP contribution is 2.28. The number of aryl methyl sites for hydroxylation is 1. The van der Waals surface area contributed by atoms with E-state index >= 15 is 0 Å². The van der Waals surface area contributed by atoms with Crippen LogP contribution in [0, 0.1) is 6.92 Å². The molecule has 0 bridgehead atoms. The Bertz CT molecular complexity index is 599. The van der Waals surface area contributed by atoms with Gasteiger partial charge in [0.2, 0.25) is 0 Å². The molecule has 0 atom stereocenters. The van der Waals surface area contributed by atoms with Gasteiger partial charge in [-0.25, -0.2) is 4.79 Å². The van der Waals surface area contributed by atoms with Crippen molar-refractivity contribution in [2.45, 2.75) is 6.92 Å². The lowest BCUT2D eigenvalue weighted by atomic mass is 10.2. The van der Waals surface area contributed by atoms with Gasteiger partial charge in [0.1, 0.15) is 5.56 Å². The summed E-state index contributed by atoms with van der Waals surface area (Å²) in [6.07, 6.45) is 2.88.